The molecule has 0 heterocycles. The molecule has 0 bridgehead atoms. The van der Waals surface area contributed by atoms with E-state index >= 15 is 0 Å². The molecule has 14 heavy (non-hydrogen) atoms. The molecule has 0 saturated heterocycles. The van der Waals surface area contributed by atoms with E-state index < -0.39 is 5.41 Å². The van der Waals surface area contributed by atoms with Gasteiger partial charge in [-0.15, -0.1) is 6.58 Å². The number of carbonyl (C=O) groups is 1. The third-order valence-electron chi connectivity index (χ3n) is 3.34. The quantitative estimate of drug-likeness (QED) is 0.626. The summed E-state index contributed by atoms with van der Waals surface area (Å²) in [5, 5.41) is 9.31. The number of allylic oxidation sites excluding steroid dienone is 1. The Kier molecular flexibility index (Phi) is 3.32. The van der Waals surface area contributed by atoms with Crippen molar-refractivity contribution in [2.24, 2.45) is 23.0 Å². The second-order valence-corrected chi connectivity index (χ2v) is 4.40. The molecule has 0 aromatic heterocycles. The monoisotopic (exact) mass is 197 g/mol. The van der Waals surface area contributed by atoms with Crippen molar-refractivity contribution in [1.29, 1.82) is 0 Å². The van der Waals surface area contributed by atoms with Crippen molar-refractivity contribution < 1.29 is 9.90 Å². The van der Waals surface area contributed by atoms with Gasteiger partial charge in [-0.3, -0.25) is 4.79 Å². The number of amides is 1. The zero-order valence-corrected chi connectivity index (χ0v) is 8.70. The maximum Gasteiger partial charge on any atom is 0.224 e. The van der Waals surface area contributed by atoms with E-state index in [4.69, 9.17) is 5.73 Å². The van der Waals surface area contributed by atoms with E-state index in [1.807, 2.05) is 6.92 Å². The van der Waals surface area contributed by atoms with Crippen molar-refractivity contribution in [3.8, 4) is 0 Å². The fraction of sp³-hybridized carbons (Fsp3) is 0.727. The van der Waals surface area contributed by atoms with Crippen molar-refractivity contribution in [2.75, 3.05) is 6.61 Å². The van der Waals surface area contributed by atoms with Crippen LogP contribution in [0.1, 0.15) is 26.2 Å². The first-order valence-electron chi connectivity index (χ1n) is 5.08. The topological polar surface area (TPSA) is 63.3 Å². The second kappa shape index (κ2) is 4.13. The van der Waals surface area contributed by atoms with Gasteiger partial charge < -0.3 is 10.8 Å². The third kappa shape index (κ3) is 1.98. The van der Waals surface area contributed by atoms with Crippen LogP contribution in [0.3, 0.4) is 0 Å². The Morgan fingerprint density at radius 3 is 2.64 bits per heavy atom. The lowest BCUT2D eigenvalue weighted by atomic mass is 9.72. The number of hydrogen-bond donors (Lipinski definition) is 2. The van der Waals surface area contributed by atoms with Crippen molar-refractivity contribution >= 4 is 5.91 Å². The molecule has 1 unspecified atom stereocenters. The second-order valence-electron chi connectivity index (χ2n) is 4.40. The van der Waals surface area contributed by atoms with Crippen LogP contribution in [-0.2, 0) is 4.79 Å². The molecule has 3 heteroatoms. The SMILES string of the molecule is C=CCC(C)(C(N)=O)[C@@H](CO)C1CC1. The summed E-state index contributed by atoms with van der Waals surface area (Å²) < 4.78 is 0. The van der Waals surface area contributed by atoms with Crippen molar-refractivity contribution in [1.82, 2.24) is 0 Å². The Labute approximate surface area is 85.0 Å². The summed E-state index contributed by atoms with van der Waals surface area (Å²) in [5.41, 5.74) is 4.77. The van der Waals surface area contributed by atoms with Crippen LogP contribution < -0.4 is 5.73 Å². The lowest BCUT2D eigenvalue weighted by Gasteiger charge is -2.33. The zero-order chi connectivity index (χ0) is 10.8. The van der Waals surface area contributed by atoms with Crippen LogP contribution in [0, 0.1) is 17.3 Å². The maximum atomic E-state index is 11.4. The number of aliphatic hydroxyl groups excluding tert-OH is 1. The Hall–Kier alpha value is -0.830. The van der Waals surface area contributed by atoms with Crippen LogP contribution >= 0.6 is 0 Å². The van der Waals surface area contributed by atoms with Gasteiger partial charge in [0.15, 0.2) is 0 Å². The lowest BCUT2D eigenvalue weighted by molar-refractivity contribution is -0.131. The van der Waals surface area contributed by atoms with Crippen molar-refractivity contribution in [3.63, 3.8) is 0 Å². The molecule has 0 spiro atoms. The van der Waals surface area contributed by atoms with Gasteiger partial charge in [0.05, 0.1) is 5.41 Å². The predicted molar refractivity (Wildman–Crippen MR) is 55.4 cm³/mol. The van der Waals surface area contributed by atoms with Gasteiger partial charge in [0.1, 0.15) is 0 Å². The molecule has 0 aliphatic heterocycles. The molecule has 0 aromatic rings. The number of rotatable bonds is 6. The zero-order valence-electron chi connectivity index (χ0n) is 8.70. The normalized spacial score (nSPS) is 22.4. The van der Waals surface area contributed by atoms with Gasteiger partial charge >= 0.3 is 0 Å². The Balaban J connectivity index is 2.82. The molecule has 0 radical (unpaired) electrons. The fourth-order valence-corrected chi connectivity index (χ4v) is 2.10. The van der Waals surface area contributed by atoms with Crippen LogP contribution in [-0.4, -0.2) is 17.6 Å². The minimum atomic E-state index is -0.627. The van der Waals surface area contributed by atoms with Crippen LogP contribution in [0.4, 0.5) is 0 Å². The van der Waals surface area contributed by atoms with Gasteiger partial charge in [0.25, 0.3) is 0 Å². The number of hydrogen-bond acceptors (Lipinski definition) is 2. The summed E-state index contributed by atoms with van der Waals surface area (Å²) in [4.78, 5) is 11.4. The highest BCUT2D eigenvalue weighted by atomic mass is 16.3. The first kappa shape index (κ1) is 11.2. The molecule has 1 aliphatic carbocycles. The van der Waals surface area contributed by atoms with Gasteiger partial charge in [-0.25, -0.2) is 0 Å². The molecular formula is C11H19NO2. The first-order chi connectivity index (χ1) is 6.56. The number of nitrogens with two attached hydrogens (primary N) is 1. The van der Waals surface area contributed by atoms with Gasteiger partial charge in [0, 0.05) is 6.61 Å². The van der Waals surface area contributed by atoms with Crippen molar-refractivity contribution in [3.05, 3.63) is 12.7 Å². The highest BCUT2D eigenvalue weighted by molar-refractivity contribution is 5.81. The van der Waals surface area contributed by atoms with Gasteiger partial charge in [-0.05, 0) is 31.1 Å². The molecule has 80 valence electrons. The molecular weight excluding hydrogens is 178 g/mol. The molecule has 0 aromatic carbocycles. The summed E-state index contributed by atoms with van der Waals surface area (Å²) in [5.74, 6) is 0.138. The summed E-state index contributed by atoms with van der Waals surface area (Å²) in [6.07, 6.45) is 4.45. The number of carbonyl (C=O) groups excluding carboxylic acids is 1. The lowest BCUT2D eigenvalue weighted by Crippen LogP contribution is -2.43. The Morgan fingerprint density at radius 1 is 1.79 bits per heavy atom. The Morgan fingerprint density at radius 2 is 2.36 bits per heavy atom. The van der Waals surface area contributed by atoms with Gasteiger partial charge in [-0.2, -0.15) is 0 Å². The molecule has 1 saturated carbocycles. The maximum absolute atomic E-state index is 11.4. The van der Waals surface area contributed by atoms with E-state index in [0.717, 1.165) is 12.8 Å². The van der Waals surface area contributed by atoms with E-state index in [2.05, 4.69) is 6.58 Å². The van der Waals surface area contributed by atoms with Crippen LogP contribution in [0.15, 0.2) is 12.7 Å². The molecule has 2 atom stereocenters. The average molecular weight is 197 g/mol. The predicted octanol–water partition coefficient (Wildman–Crippen LogP) is 1.07. The van der Waals surface area contributed by atoms with E-state index in [1.165, 1.54) is 0 Å². The van der Waals surface area contributed by atoms with Crippen molar-refractivity contribution in [2.45, 2.75) is 26.2 Å². The first-order valence-corrected chi connectivity index (χ1v) is 5.08. The summed E-state index contributed by atoms with van der Waals surface area (Å²) >= 11 is 0. The number of primary amides is 1. The highest BCUT2D eigenvalue weighted by Crippen LogP contribution is 2.47. The standard InChI is InChI=1S/C11H19NO2/c1-3-6-11(2,10(12)14)9(7-13)8-4-5-8/h3,8-9,13H,1,4-7H2,2H3,(H2,12,14)/t9-,11?/m0/s1. The van der Waals surface area contributed by atoms with Gasteiger partial charge in [0.2, 0.25) is 5.91 Å². The van der Waals surface area contributed by atoms with E-state index in [-0.39, 0.29) is 18.4 Å². The highest BCUT2D eigenvalue weighted by Gasteiger charge is 2.46. The molecule has 3 N–H and O–H groups in total. The molecule has 1 amide bonds. The average Bonchev–Trinajstić information content (AvgIpc) is 2.89. The minimum Gasteiger partial charge on any atom is -0.396 e. The van der Waals surface area contributed by atoms with E-state index in [9.17, 15) is 9.90 Å². The minimum absolute atomic E-state index is 0.00185. The molecule has 1 aliphatic rings. The van der Waals surface area contributed by atoms with E-state index in [0.29, 0.717) is 12.3 Å². The van der Waals surface area contributed by atoms with Crippen LogP contribution in [0.5, 0.6) is 0 Å². The third-order valence-corrected chi connectivity index (χ3v) is 3.34. The summed E-state index contributed by atoms with van der Waals surface area (Å²) in [6.45, 7) is 5.50. The molecule has 3 nitrogen and oxygen atoms in total. The Bertz CT molecular complexity index is 235. The smallest absolute Gasteiger partial charge is 0.224 e. The summed E-state index contributed by atoms with van der Waals surface area (Å²) in [6, 6.07) is 0. The molecule has 1 rings (SSSR count). The molecule has 1 fully saturated rings. The summed E-state index contributed by atoms with van der Waals surface area (Å²) in [7, 11) is 0. The van der Waals surface area contributed by atoms with E-state index in [1.54, 1.807) is 6.08 Å². The largest absolute Gasteiger partial charge is 0.396 e. The fourth-order valence-electron chi connectivity index (χ4n) is 2.10. The van der Waals surface area contributed by atoms with Crippen LogP contribution in [0.25, 0.3) is 0 Å². The van der Waals surface area contributed by atoms with Crippen LogP contribution in [0.2, 0.25) is 0 Å². The van der Waals surface area contributed by atoms with Gasteiger partial charge in [-0.1, -0.05) is 13.0 Å². The number of aliphatic hydroxyl groups is 1.